The average Bonchev–Trinajstić information content (AvgIpc) is 3.49. The molecule has 0 unspecified atom stereocenters. The van der Waals surface area contributed by atoms with E-state index in [4.69, 9.17) is 11.6 Å². The van der Waals surface area contributed by atoms with E-state index in [1.54, 1.807) is 24.3 Å². The lowest BCUT2D eigenvalue weighted by Crippen LogP contribution is -2.54. The molecule has 3 heterocycles. The molecule has 1 fully saturated rings. The third kappa shape index (κ3) is 4.84. The van der Waals surface area contributed by atoms with Gasteiger partial charge >= 0.3 is 0 Å². The fourth-order valence-corrected chi connectivity index (χ4v) is 6.33. The number of para-hydroxylation sites is 1. The van der Waals surface area contributed by atoms with Gasteiger partial charge in [-0.15, -0.1) is 0 Å². The third-order valence-electron chi connectivity index (χ3n) is 6.09. The molecule has 0 aliphatic carbocycles. The number of aromatic nitrogens is 3. The fraction of sp³-hybridized carbons (Fsp3) is 0.261. The van der Waals surface area contributed by atoms with Gasteiger partial charge in [-0.1, -0.05) is 23.7 Å². The minimum absolute atomic E-state index is 0.00368. The molecule has 1 aliphatic heterocycles. The SMILES string of the molecule is C[C@@H]1CN(c2ccc(S(=O)(=O)Nc3ncns3)cc2)CCN1C(=O)Cn1ccc2cccc(Cl)c21. The molecule has 2 aromatic heterocycles. The number of anilines is 2. The quantitative estimate of drug-likeness (QED) is 0.408. The number of hydrogen-bond donors (Lipinski definition) is 1. The Bertz CT molecular complexity index is 1450. The van der Waals surface area contributed by atoms with Crippen molar-refractivity contribution >= 4 is 60.8 Å². The van der Waals surface area contributed by atoms with Gasteiger partial charge in [0.25, 0.3) is 10.0 Å². The number of benzene rings is 2. The van der Waals surface area contributed by atoms with Crippen molar-refractivity contribution in [3.8, 4) is 0 Å². The maximum Gasteiger partial charge on any atom is 0.263 e. The van der Waals surface area contributed by atoms with Crippen molar-refractivity contribution in [3.05, 3.63) is 66.1 Å². The van der Waals surface area contributed by atoms with Gasteiger partial charge in [0.15, 0.2) is 0 Å². The number of piperazine rings is 1. The van der Waals surface area contributed by atoms with E-state index in [-0.39, 0.29) is 28.5 Å². The van der Waals surface area contributed by atoms with Crippen LogP contribution in [0.4, 0.5) is 10.8 Å². The van der Waals surface area contributed by atoms with Crippen LogP contribution in [0.15, 0.2) is 66.0 Å². The minimum Gasteiger partial charge on any atom is -0.368 e. The predicted octanol–water partition coefficient (Wildman–Crippen LogP) is 3.68. The summed E-state index contributed by atoms with van der Waals surface area (Å²) in [4.78, 5) is 21.2. The monoisotopic (exact) mass is 530 g/mol. The number of nitrogens with zero attached hydrogens (tertiary/aromatic N) is 5. The van der Waals surface area contributed by atoms with Gasteiger partial charge in [0.2, 0.25) is 11.0 Å². The molecule has 5 rings (SSSR count). The highest BCUT2D eigenvalue weighted by Gasteiger charge is 2.28. The van der Waals surface area contributed by atoms with Crippen molar-refractivity contribution in [2.24, 2.45) is 0 Å². The second-order valence-corrected chi connectivity index (χ2v) is 11.2. The summed E-state index contributed by atoms with van der Waals surface area (Å²) in [6.07, 6.45) is 3.19. The smallest absolute Gasteiger partial charge is 0.263 e. The molecular weight excluding hydrogens is 508 g/mol. The van der Waals surface area contributed by atoms with Gasteiger partial charge < -0.3 is 14.4 Å². The van der Waals surface area contributed by atoms with E-state index >= 15 is 0 Å². The van der Waals surface area contributed by atoms with Gasteiger partial charge in [-0.25, -0.2) is 13.4 Å². The first-order chi connectivity index (χ1) is 16.8. The Labute approximate surface area is 212 Å². The first-order valence-corrected chi connectivity index (χ1v) is 13.6. The highest BCUT2D eigenvalue weighted by atomic mass is 35.5. The first kappa shape index (κ1) is 23.6. The van der Waals surface area contributed by atoms with Crippen LogP contribution in [0, 0.1) is 0 Å². The Morgan fingerprint density at radius 2 is 1.97 bits per heavy atom. The van der Waals surface area contributed by atoms with Crippen LogP contribution in [0.2, 0.25) is 5.02 Å². The number of hydrogen-bond acceptors (Lipinski definition) is 7. The van der Waals surface area contributed by atoms with Crippen LogP contribution in [-0.2, 0) is 21.4 Å². The highest BCUT2D eigenvalue weighted by Crippen LogP contribution is 2.26. The zero-order chi connectivity index (χ0) is 24.6. The topological polar surface area (TPSA) is 100 Å². The molecule has 4 aromatic rings. The third-order valence-corrected chi connectivity index (χ3v) is 8.46. The Kier molecular flexibility index (Phi) is 6.39. The number of carbonyl (C=O) groups excluding carboxylic acids is 1. The summed E-state index contributed by atoms with van der Waals surface area (Å²) in [6.45, 7) is 4.12. The maximum atomic E-state index is 13.1. The van der Waals surface area contributed by atoms with E-state index in [1.807, 2.05) is 46.9 Å². The molecule has 0 spiro atoms. The molecule has 1 saturated heterocycles. The van der Waals surface area contributed by atoms with E-state index in [0.29, 0.717) is 24.7 Å². The number of fused-ring (bicyclic) bond motifs is 1. The van der Waals surface area contributed by atoms with Gasteiger partial charge in [0.1, 0.15) is 12.9 Å². The summed E-state index contributed by atoms with van der Waals surface area (Å²) in [7, 11) is -3.73. The van der Waals surface area contributed by atoms with Gasteiger partial charge in [0, 0.05) is 54.5 Å². The molecule has 1 aliphatic rings. The lowest BCUT2D eigenvalue weighted by Gasteiger charge is -2.41. The van der Waals surface area contributed by atoms with Crippen LogP contribution in [0.5, 0.6) is 0 Å². The van der Waals surface area contributed by atoms with E-state index < -0.39 is 10.0 Å². The Morgan fingerprint density at radius 1 is 1.17 bits per heavy atom. The molecule has 35 heavy (non-hydrogen) atoms. The summed E-state index contributed by atoms with van der Waals surface area (Å²) in [5, 5.41) is 1.85. The lowest BCUT2D eigenvalue weighted by atomic mass is 10.1. The summed E-state index contributed by atoms with van der Waals surface area (Å²) in [5.74, 6) is 0.0405. The molecule has 9 nitrogen and oxygen atoms in total. The number of carbonyl (C=O) groups is 1. The summed E-state index contributed by atoms with van der Waals surface area (Å²) >= 11 is 7.34. The molecule has 12 heteroatoms. The van der Waals surface area contributed by atoms with Crippen LogP contribution in [-0.4, -0.2) is 58.8 Å². The summed E-state index contributed by atoms with van der Waals surface area (Å²) in [6, 6.07) is 14.4. The van der Waals surface area contributed by atoms with Crippen LogP contribution >= 0.6 is 23.1 Å². The normalized spacial score (nSPS) is 16.6. The Morgan fingerprint density at radius 3 is 2.69 bits per heavy atom. The van der Waals surface area contributed by atoms with Gasteiger partial charge in [-0.05, 0) is 43.3 Å². The summed E-state index contributed by atoms with van der Waals surface area (Å²) in [5.41, 5.74) is 1.77. The standard InChI is InChI=1S/C23H23ClN6O3S2/c1-16-13-28(18-5-7-19(8-6-18)35(32,33)27-23-25-15-26-34-23)11-12-30(16)21(31)14-29-10-9-17-3-2-4-20(24)22(17)29/h2-10,15-16H,11-14H2,1H3,(H,25,26,27)/t16-/m1/s1. The summed E-state index contributed by atoms with van der Waals surface area (Å²) < 4.78 is 33.2. The molecule has 0 bridgehead atoms. The van der Waals surface area contributed by atoms with Crippen molar-refractivity contribution in [1.29, 1.82) is 0 Å². The van der Waals surface area contributed by atoms with Gasteiger partial charge in [-0.2, -0.15) is 4.37 Å². The van der Waals surface area contributed by atoms with Gasteiger partial charge in [0.05, 0.1) is 15.4 Å². The Hall–Kier alpha value is -3.15. The molecule has 182 valence electrons. The Balaban J connectivity index is 1.23. The molecule has 0 saturated carbocycles. The van der Waals surface area contributed by atoms with E-state index in [1.165, 1.54) is 6.33 Å². The van der Waals surface area contributed by atoms with Crippen molar-refractivity contribution in [2.75, 3.05) is 29.3 Å². The fourth-order valence-electron chi connectivity index (χ4n) is 4.37. The van der Waals surface area contributed by atoms with E-state index in [0.717, 1.165) is 28.1 Å². The lowest BCUT2D eigenvalue weighted by molar-refractivity contribution is -0.134. The second-order valence-electron chi connectivity index (χ2n) is 8.35. The molecule has 1 amide bonds. The van der Waals surface area contributed by atoms with Crippen LogP contribution < -0.4 is 9.62 Å². The largest absolute Gasteiger partial charge is 0.368 e. The molecule has 1 atom stereocenters. The molecule has 0 radical (unpaired) electrons. The molecule has 2 aromatic carbocycles. The van der Waals surface area contributed by atoms with Crippen molar-refractivity contribution in [2.45, 2.75) is 24.4 Å². The van der Waals surface area contributed by atoms with Crippen molar-refractivity contribution in [1.82, 2.24) is 18.8 Å². The number of nitrogens with one attached hydrogen (secondary N) is 1. The second kappa shape index (κ2) is 9.48. The highest BCUT2D eigenvalue weighted by molar-refractivity contribution is 7.93. The first-order valence-electron chi connectivity index (χ1n) is 11.0. The number of sulfonamides is 1. The number of halogens is 1. The van der Waals surface area contributed by atoms with Crippen molar-refractivity contribution in [3.63, 3.8) is 0 Å². The molecular formula is C23H23ClN6O3S2. The van der Waals surface area contributed by atoms with Crippen LogP contribution in [0.1, 0.15) is 6.92 Å². The van der Waals surface area contributed by atoms with Crippen LogP contribution in [0.3, 0.4) is 0 Å². The zero-order valence-corrected chi connectivity index (χ0v) is 21.2. The van der Waals surface area contributed by atoms with Crippen molar-refractivity contribution < 1.29 is 13.2 Å². The number of amides is 1. The predicted molar refractivity (Wildman–Crippen MR) is 137 cm³/mol. The number of rotatable bonds is 6. The average molecular weight is 531 g/mol. The van der Waals surface area contributed by atoms with E-state index in [9.17, 15) is 13.2 Å². The van der Waals surface area contributed by atoms with Crippen LogP contribution in [0.25, 0.3) is 10.9 Å². The van der Waals surface area contributed by atoms with Gasteiger partial charge in [-0.3, -0.25) is 9.52 Å². The zero-order valence-electron chi connectivity index (χ0n) is 18.8. The van der Waals surface area contributed by atoms with E-state index in [2.05, 4.69) is 19.0 Å². The maximum absolute atomic E-state index is 13.1. The molecule has 1 N–H and O–H groups in total. The minimum atomic E-state index is -3.73.